The molecule has 0 saturated carbocycles. The maximum atomic E-state index is 14.2. The van der Waals surface area contributed by atoms with Crippen molar-refractivity contribution in [2.45, 2.75) is 83.0 Å². The van der Waals surface area contributed by atoms with E-state index in [0.29, 0.717) is 38.9 Å². The molecule has 3 heterocycles. The average Bonchev–Trinajstić information content (AvgIpc) is 3.36. The molecule has 0 aromatic rings. The van der Waals surface area contributed by atoms with Gasteiger partial charge in [0.2, 0.25) is 11.8 Å². The molecule has 8 nitrogen and oxygen atoms in total. The number of rotatable bonds is 15. The second-order valence-corrected chi connectivity index (χ2v) is 10.7. The summed E-state index contributed by atoms with van der Waals surface area (Å²) in [7, 11) is 0. The predicted octanol–water partition coefficient (Wildman–Crippen LogP) is 3.09. The highest BCUT2D eigenvalue weighted by atomic mass is 16.6. The fourth-order valence-corrected chi connectivity index (χ4v) is 6.56. The van der Waals surface area contributed by atoms with Crippen LogP contribution in [0.3, 0.4) is 0 Å². The van der Waals surface area contributed by atoms with Crippen LogP contribution in [0.15, 0.2) is 25.3 Å². The first-order valence-electron chi connectivity index (χ1n) is 13.5. The molecule has 3 fully saturated rings. The Kier molecular flexibility index (Phi) is 9.39. The lowest BCUT2D eigenvalue weighted by atomic mass is 9.62. The first-order valence-corrected chi connectivity index (χ1v) is 13.5. The van der Waals surface area contributed by atoms with Gasteiger partial charge in [-0.2, -0.15) is 0 Å². The highest BCUT2D eigenvalue weighted by molar-refractivity contribution is 5.98. The third-order valence-electron chi connectivity index (χ3n) is 8.40. The van der Waals surface area contributed by atoms with Gasteiger partial charge in [-0.05, 0) is 38.5 Å². The lowest BCUT2D eigenvalue weighted by Crippen LogP contribution is -2.56. The molecule has 0 aromatic carbocycles. The van der Waals surface area contributed by atoms with Crippen molar-refractivity contribution in [2.75, 3.05) is 32.8 Å². The first kappa shape index (κ1) is 28.4. The van der Waals surface area contributed by atoms with Crippen molar-refractivity contribution < 1.29 is 29.0 Å². The van der Waals surface area contributed by atoms with Gasteiger partial charge in [0.25, 0.3) is 0 Å². The number of fused-ring (bicyclic) bond motifs is 1. The van der Waals surface area contributed by atoms with Crippen LogP contribution in [0.1, 0.15) is 65.7 Å². The molecule has 8 heteroatoms. The summed E-state index contributed by atoms with van der Waals surface area (Å²) in [5, 5.41) is 9.10. The van der Waals surface area contributed by atoms with Crippen molar-refractivity contribution >= 4 is 17.8 Å². The summed E-state index contributed by atoms with van der Waals surface area (Å²) >= 11 is 0. The highest BCUT2D eigenvalue weighted by Gasteiger charge is 2.80. The van der Waals surface area contributed by atoms with Gasteiger partial charge in [-0.3, -0.25) is 14.4 Å². The zero-order chi connectivity index (χ0) is 26.5. The smallest absolute Gasteiger partial charge is 0.313 e. The quantitative estimate of drug-likeness (QED) is 0.209. The van der Waals surface area contributed by atoms with Gasteiger partial charge in [0.05, 0.1) is 11.5 Å². The zero-order valence-electron chi connectivity index (χ0n) is 22.2. The Morgan fingerprint density at radius 2 is 1.94 bits per heavy atom. The fourth-order valence-electron chi connectivity index (χ4n) is 6.56. The molecular formula is C28H44N2O6. The van der Waals surface area contributed by atoms with Crippen LogP contribution < -0.4 is 0 Å². The summed E-state index contributed by atoms with van der Waals surface area (Å²) in [5.41, 5.74) is -1.94. The summed E-state index contributed by atoms with van der Waals surface area (Å²) in [6.45, 7) is 15.0. The fraction of sp³-hybridized carbons (Fsp3) is 0.750. The van der Waals surface area contributed by atoms with Crippen LogP contribution >= 0.6 is 0 Å². The van der Waals surface area contributed by atoms with Crippen LogP contribution in [0.5, 0.6) is 0 Å². The van der Waals surface area contributed by atoms with Crippen LogP contribution in [0, 0.1) is 17.8 Å². The van der Waals surface area contributed by atoms with Gasteiger partial charge < -0.3 is 24.4 Å². The van der Waals surface area contributed by atoms with Crippen molar-refractivity contribution in [3.05, 3.63) is 25.3 Å². The Hall–Kier alpha value is -2.19. The molecule has 3 rings (SSSR count). The van der Waals surface area contributed by atoms with Crippen molar-refractivity contribution in [3.63, 3.8) is 0 Å². The van der Waals surface area contributed by atoms with E-state index in [-0.39, 0.29) is 30.9 Å². The number of ether oxygens (including phenoxy) is 2. The van der Waals surface area contributed by atoms with Gasteiger partial charge in [0, 0.05) is 26.2 Å². The number of amides is 2. The molecule has 0 aromatic heterocycles. The number of hydrogen-bond donors (Lipinski definition) is 1. The van der Waals surface area contributed by atoms with E-state index < -0.39 is 35.0 Å². The van der Waals surface area contributed by atoms with Crippen LogP contribution in [0.4, 0.5) is 0 Å². The molecule has 3 aliphatic heterocycles. The van der Waals surface area contributed by atoms with Gasteiger partial charge in [0.15, 0.2) is 0 Å². The summed E-state index contributed by atoms with van der Waals surface area (Å²) in [6.07, 6.45) is 8.68. The van der Waals surface area contributed by atoms with Crippen LogP contribution in [0.25, 0.3) is 0 Å². The molecule has 2 amide bonds. The average molecular weight is 505 g/mol. The topological polar surface area (TPSA) is 96.4 Å². The predicted molar refractivity (Wildman–Crippen MR) is 137 cm³/mol. The molecule has 2 bridgehead atoms. The second-order valence-electron chi connectivity index (χ2n) is 10.7. The van der Waals surface area contributed by atoms with E-state index >= 15 is 0 Å². The van der Waals surface area contributed by atoms with E-state index in [4.69, 9.17) is 14.6 Å². The zero-order valence-corrected chi connectivity index (χ0v) is 22.2. The number of aliphatic hydroxyl groups excluding tert-OH is 1. The second kappa shape index (κ2) is 11.9. The number of esters is 1. The lowest BCUT2D eigenvalue weighted by molar-refractivity contribution is -0.161. The molecule has 202 valence electrons. The third-order valence-corrected chi connectivity index (χ3v) is 8.40. The van der Waals surface area contributed by atoms with E-state index in [0.717, 1.165) is 25.7 Å². The summed E-state index contributed by atoms with van der Waals surface area (Å²) in [5.74, 6) is -2.34. The Morgan fingerprint density at radius 1 is 1.22 bits per heavy atom. The molecule has 3 aliphatic rings. The Bertz CT molecular complexity index is 846. The van der Waals surface area contributed by atoms with E-state index in [9.17, 15) is 14.4 Å². The molecule has 1 N–H and O–H groups in total. The van der Waals surface area contributed by atoms with Crippen LogP contribution in [-0.2, 0) is 23.9 Å². The van der Waals surface area contributed by atoms with Crippen LogP contribution in [0.2, 0.25) is 0 Å². The number of likely N-dealkylation sites (tertiary alicyclic amines) is 1. The van der Waals surface area contributed by atoms with Crippen molar-refractivity contribution in [1.82, 2.24) is 9.80 Å². The molecule has 36 heavy (non-hydrogen) atoms. The molecular weight excluding hydrogens is 460 g/mol. The maximum absolute atomic E-state index is 14.2. The Labute approximate surface area is 215 Å². The number of hydrogen-bond acceptors (Lipinski definition) is 6. The van der Waals surface area contributed by atoms with Gasteiger partial charge in [-0.15, -0.1) is 6.58 Å². The minimum absolute atomic E-state index is 0.0221. The first-order chi connectivity index (χ1) is 17.2. The minimum Gasteiger partial charge on any atom is -0.461 e. The number of unbranched alkanes of at least 4 members (excludes halogenated alkanes) is 4. The van der Waals surface area contributed by atoms with Crippen molar-refractivity contribution in [2.24, 2.45) is 17.8 Å². The number of nitrogens with zero attached hydrogens (tertiary/aromatic N) is 2. The van der Waals surface area contributed by atoms with Crippen molar-refractivity contribution in [3.8, 4) is 0 Å². The largest absolute Gasteiger partial charge is 0.461 e. The minimum atomic E-state index is -1.06. The number of carbonyl (C=O) groups is 3. The van der Waals surface area contributed by atoms with E-state index in [1.165, 1.54) is 6.08 Å². The molecule has 0 radical (unpaired) electrons. The van der Waals surface area contributed by atoms with Gasteiger partial charge in [-0.25, -0.2) is 0 Å². The van der Waals surface area contributed by atoms with Crippen molar-refractivity contribution in [1.29, 1.82) is 0 Å². The monoisotopic (exact) mass is 504 g/mol. The summed E-state index contributed by atoms with van der Waals surface area (Å²) in [4.78, 5) is 44.9. The van der Waals surface area contributed by atoms with E-state index in [1.54, 1.807) is 15.9 Å². The Morgan fingerprint density at radius 3 is 2.58 bits per heavy atom. The van der Waals surface area contributed by atoms with E-state index in [1.807, 2.05) is 13.8 Å². The SMILES string of the molecule is C=CCOC(=O)[C@H]1[C@H]2C(=O)N(CCCCCCO)C(C(=O)N(CC=C)CCCC)C23CC(C)[C@]1(C)O3. The number of carbonyl (C=O) groups excluding carboxylic acids is 3. The van der Waals surface area contributed by atoms with Gasteiger partial charge in [0.1, 0.15) is 24.2 Å². The molecule has 0 aliphatic carbocycles. The summed E-state index contributed by atoms with van der Waals surface area (Å²) in [6, 6.07) is -0.786. The maximum Gasteiger partial charge on any atom is 0.313 e. The van der Waals surface area contributed by atoms with E-state index in [2.05, 4.69) is 20.1 Å². The standard InChI is InChI=1S/C28H44N2O6/c1-6-9-15-29(14-7-2)25(33)23-28-19-20(4)27(5,36-28)22(26(34)35-18-8-3)21(28)24(32)30(23)16-12-10-11-13-17-31/h7-8,20-23,31H,2-3,6,9-19H2,1,4-5H3/t20?,21-,22+,23?,27-,28?/m0/s1. The normalized spacial score (nSPS) is 32.4. The highest BCUT2D eigenvalue weighted by Crippen LogP contribution is 2.65. The third kappa shape index (κ3) is 4.86. The summed E-state index contributed by atoms with van der Waals surface area (Å²) < 4.78 is 12.2. The molecule has 3 unspecified atom stereocenters. The van der Waals surface area contributed by atoms with Crippen LogP contribution in [-0.4, -0.2) is 82.8 Å². The lowest BCUT2D eigenvalue weighted by Gasteiger charge is -2.37. The Balaban J connectivity index is 2.00. The number of aliphatic hydroxyl groups is 1. The molecule has 3 saturated heterocycles. The molecule has 1 spiro atoms. The van der Waals surface area contributed by atoms with Gasteiger partial charge in [-0.1, -0.05) is 51.8 Å². The molecule has 6 atom stereocenters. The van der Waals surface area contributed by atoms with Gasteiger partial charge >= 0.3 is 5.97 Å².